The van der Waals surface area contributed by atoms with Crippen LogP contribution in [0.25, 0.3) is 21.7 Å². The third kappa shape index (κ3) is 5.63. The number of pyridine rings is 1. The van der Waals surface area contributed by atoms with Crippen LogP contribution in [-0.4, -0.2) is 61.9 Å². The number of hydrogen-bond acceptors (Lipinski definition) is 8. The molecule has 0 radical (unpaired) electrons. The zero-order valence-electron chi connectivity index (χ0n) is 20.3. The molecule has 5 heterocycles. The highest BCUT2D eigenvalue weighted by Crippen LogP contribution is 2.32. The smallest absolute Gasteiger partial charge is 0.449 e. The minimum atomic E-state index is -1.46. The highest BCUT2D eigenvalue weighted by molar-refractivity contribution is 7.19. The normalized spacial score (nSPS) is 14.9. The van der Waals surface area contributed by atoms with Crippen molar-refractivity contribution in [2.24, 2.45) is 0 Å². The van der Waals surface area contributed by atoms with Gasteiger partial charge >= 0.3 is 6.16 Å². The number of ether oxygens (including phenoxy) is 1. The number of thiophene rings is 1. The maximum Gasteiger partial charge on any atom is 0.512 e. The molecule has 5 rings (SSSR count). The Kier molecular flexibility index (Phi) is 7.18. The molecule has 0 atom stereocenters. The molecule has 0 unspecified atom stereocenters. The number of amides is 1. The largest absolute Gasteiger partial charge is 0.512 e. The van der Waals surface area contributed by atoms with Crippen LogP contribution < -0.4 is 10.1 Å². The average Bonchev–Trinajstić information content (AvgIpc) is 3.58. The molecule has 0 bridgehead atoms. The number of hydrogen-bond donors (Lipinski definition) is 2. The first-order valence-corrected chi connectivity index (χ1v) is 13.1. The summed E-state index contributed by atoms with van der Waals surface area (Å²) in [5, 5.41) is 16.3. The molecule has 194 valence electrons. The van der Waals surface area contributed by atoms with Crippen LogP contribution in [0.1, 0.15) is 42.9 Å². The van der Waals surface area contributed by atoms with Crippen LogP contribution in [0, 0.1) is 0 Å². The summed E-state index contributed by atoms with van der Waals surface area (Å²) in [5.74, 6) is 0.292. The topological polar surface area (TPSA) is 123 Å². The molecule has 0 saturated carbocycles. The van der Waals surface area contributed by atoms with Gasteiger partial charge in [0, 0.05) is 37.3 Å². The monoisotopic (exact) mass is 543 g/mol. The van der Waals surface area contributed by atoms with Gasteiger partial charge in [0.05, 0.1) is 26.8 Å². The quantitative estimate of drug-likeness (QED) is 0.308. The van der Waals surface area contributed by atoms with Gasteiger partial charge in [-0.15, -0.1) is 11.3 Å². The maximum atomic E-state index is 13.4. The van der Waals surface area contributed by atoms with Gasteiger partial charge in [-0.1, -0.05) is 16.8 Å². The van der Waals surface area contributed by atoms with Gasteiger partial charge in [-0.3, -0.25) is 4.79 Å². The van der Waals surface area contributed by atoms with Crippen molar-refractivity contribution in [1.82, 2.24) is 24.9 Å². The molecule has 1 fully saturated rings. The van der Waals surface area contributed by atoms with Crippen molar-refractivity contribution in [3.8, 4) is 16.5 Å². The summed E-state index contributed by atoms with van der Waals surface area (Å²) in [6.45, 7) is 6.46. The van der Waals surface area contributed by atoms with Gasteiger partial charge in [0.25, 0.3) is 5.91 Å². The lowest BCUT2D eigenvalue weighted by Gasteiger charge is -2.34. The first-order valence-electron chi connectivity index (χ1n) is 11.9. The molecule has 4 aromatic rings. The standard InChI is InChI=1S/C25H26ClN5O5S/c1-14(2)30-9-7-15(8-10-30)27-24(32)19-12-17-18(3-6-23(28-17)35-25(33)34)31(19)13-16-11-20(36-29-16)21-4-5-22(26)37-21/h3-6,11-12,14-15H,7-10,13H2,1-2H3,(H,27,32)(H,33,34). The molecular weight excluding hydrogens is 518 g/mol. The van der Waals surface area contributed by atoms with Crippen LogP contribution in [-0.2, 0) is 6.54 Å². The van der Waals surface area contributed by atoms with Gasteiger partial charge < -0.3 is 29.2 Å². The lowest BCUT2D eigenvalue weighted by Crippen LogP contribution is -2.46. The van der Waals surface area contributed by atoms with Crippen molar-refractivity contribution in [1.29, 1.82) is 0 Å². The van der Waals surface area contributed by atoms with Gasteiger partial charge in [0.15, 0.2) is 5.76 Å². The van der Waals surface area contributed by atoms with Crippen molar-refractivity contribution in [2.75, 3.05) is 13.1 Å². The Labute approximate surface area is 221 Å². The van der Waals surface area contributed by atoms with Gasteiger partial charge in [0.1, 0.15) is 11.4 Å². The van der Waals surface area contributed by atoms with Crippen molar-refractivity contribution in [2.45, 2.75) is 45.3 Å². The minimum absolute atomic E-state index is 0.0649. The van der Waals surface area contributed by atoms with E-state index < -0.39 is 6.16 Å². The lowest BCUT2D eigenvalue weighted by molar-refractivity contribution is 0.0892. The Morgan fingerprint density at radius 3 is 2.70 bits per heavy atom. The number of piperidine rings is 1. The molecule has 1 amide bonds. The second kappa shape index (κ2) is 10.5. The number of rotatable bonds is 7. The van der Waals surface area contributed by atoms with E-state index in [0.29, 0.717) is 38.6 Å². The molecule has 10 nitrogen and oxygen atoms in total. The molecule has 0 spiro atoms. The van der Waals surface area contributed by atoms with E-state index in [9.17, 15) is 9.59 Å². The molecule has 0 aromatic carbocycles. The Bertz CT molecular complexity index is 1440. The van der Waals surface area contributed by atoms with Crippen molar-refractivity contribution < 1.29 is 24.0 Å². The number of halogens is 1. The van der Waals surface area contributed by atoms with Crippen molar-refractivity contribution in [3.63, 3.8) is 0 Å². The van der Waals surface area contributed by atoms with E-state index in [2.05, 4.69) is 34.2 Å². The highest BCUT2D eigenvalue weighted by Gasteiger charge is 2.25. The average molecular weight is 544 g/mol. The summed E-state index contributed by atoms with van der Waals surface area (Å²) >= 11 is 7.44. The zero-order chi connectivity index (χ0) is 26.1. The van der Waals surface area contributed by atoms with Gasteiger partial charge in [0.2, 0.25) is 5.88 Å². The molecule has 4 aromatic heterocycles. The van der Waals surface area contributed by atoms with E-state index in [1.54, 1.807) is 22.8 Å². The van der Waals surface area contributed by atoms with Crippen LogP contribution >= 0.6 is 22.9 Å². The van der Waals surface area contributed by atoms with Crippen LogP contribution in [0.4, 0.5) is 4.79 Å². The Morgan fingerprint density at radius 1 is 1.24 bits per heavy atom. The number of likely N-dealkylation sites (tertiary alicyclic amines) is 1. The first-order chi connectivity index (χ1) is 17.8. The predicted molar refractivity (Wildman–Crippen MR) is 140 cm³/mol. The summed E-state index contributed by atoms with van der Waals surface area (Å²) < 4.78 is 12.7. The molecule has 12 heteroatoms. The zero-order valence-corrected chi connectivity index (χ0v) is 21.9. The Hall–Kier alpha value is -3.41. The summed E-state index contributed by atoms with van der Waals surface area (Å²) in [7, 11) is 0. The fraction of sp³-hybridized carbons (Fsp3) is 0.360. The molecule has 0 aliphatic carbocycles. The summed E-state index contributed by atoms with van der Waals surface area (Å²) in [4.78, 5) is 32.0. The molecule has 2 N–H and O–H groups in total. The summed E-state index contributed by atoms with van der Waals surface area (Å²) in [5.41, 5.74) is 2.08. The molecule has 37 heavy (non-hydrogen) atoms. The Morgan fingerprint density at radius 2 is 2.03 bits per heavy atom. The van der Waals surface area contributed by atoms with Gasteiger partial charge in [-0.05, 0) is 51.0 Å². The van der Waals surface area contributed by atoms with Gasteiger partial charge in [-0.25, -0.2) is 9.78 Å². The minimum Gasteiger partial charge on any atom is -0.449 e. The second-order valence-corrected chi connectivity index (χ2v) is 10.9. The number of nitrogens with one attached hydrogen (secondary N) is 1. The molecule has 1 aliphatic heterocycles. The van der Waals surface area contributed by atoms with Crippen molar-refractivity contribution in [3.05, 3.63) is 52.1 Å². The van der Waals surface area contributed by atoms with E-state index in [4.69, 9.17) is 26.0 Å². The molecular formula is C25H26ClN5O5S. The fourth-order valence-electron chi connectivity index (χ4n) is 4.56. The number of nitrogens with zero attached hydrogens (tertiary/aromatic N) is 4. The first kappa shape index (κ1) is 25.2. The second-order valence-electron chi connectivity index (χ2n) is 9.20. The van der Waals surface area contributed by atoms with Crippen molar-refractivity contribution >= 4 is 46.0 Å². The Balaban J connectivity index is 1.43. The van der Waals surface area contributed by atoms with E-state index in [1.807, 2.05) is 12.1 Å². The predicted octanol–water partition coefficient (Wildman–Crippen LogP) is 5.11. The third-order valence-electron chi connectivity index (χ3n) is 6.45. The fourth-order valence-corrected chi connectivity index (χ4v) is 5.55. The van der Waals surface area contributed by atoms with E-state index in [-0.39, 0.29) is 24.4 Å². The maximum absolute atomic E-state index is 13.4. The van der Waals surface area contributed by atoms with E-state index in [0.717, 1.165) is 30.8 Å². The number of aromatic nitrogens is 3. The highest BCUT2D eigenvalue weighted by atomic mass is 35.5. The van der Waals surface area contributed by atoms with Crippen LogP contribution in [0.5, 0.6) is 5.88 Å². The van der Waals surface area contributed by atoms with Crippen LogP contribution in [0.15, 0.2) is 40.9 Å². The van der Waals surface area contributed by atoms with E-state index >= 15 is 0 Å². The molecule has 1 aliphatic rings. The van der Waals surface area contributed by atoms with Gasteiger partial charge in [-0.2, -0.15) is 0 Å². The molecule has 1 saturated heterocycles. The number of fused-ring (bicyclic) bond motifs is 1. The van der Waals surface area contributed by atoms with Crippen LogP contribution in [0.3, 0.4) is 0 Å². The summed E-state index contributed by atoms with van der Waals surface area (Å²) in [6.07, 6.45) is 0.283. The summed E-state index contributed by atoms with van der Waals surface area (Å²) in [6, 6.07) is 10.8. The number of carbonyl (C=O) groups excluding carboxylic acids is 1. The third-order valence-corrected chi connectivity index (χ3v) is 7.69. The SMILES string of the molecule is CC(C)N1CCC(NC(=O)c2cc3nc(OC(=O)O)ccc3n2Cc2cc(-c3ccc(Cl)s3)on2)CC1. The van der Waals surface area contributed by atoms with Crippen LogP contribution in [0.2, 0.25) is 4.34 Å². The lowest BCUT2D eigenvalue weighted by atomic mass is 10.0. The van der Waals surface area contributed by atoms with E-state index in [1.165, 1.54) is 17.4 Å². The number of carboxylic acid groups (broad SMARTS) is 1. The number of carbonyl (C=O) groups is 2.